The Kier molecular flexibility index (Phi) is 15.4. The van der Waals surface area contributed by atoms with Gasteiger partial charge in [-0.05, 0) is 34.2 Å². The first-order chi connectivity index (χ1) is 26.7. The van der Waals surface area contributed by atoms with Crippen molar-refractivity contribution in [1.82, 2.24) is 5.32 Å². The van der Waals surface area contributed by atoms with Crippen molar-refractivity contribution in [3.05, 3.63) is 192 Å². The summed E-state index contributed by atoms with van der Waals surface area (Å²) in [6.45, 7) is 2.35. The van der Waals surface area contributed by atoms with E-state index in [0.29, 0.717) is 46.0 Å². The minimum Gasteiger partial charge on any atom is -0.445 e. The largest absolute Gasteiger partial charge is 0.445 e. The monoisotopic (exact) mass is 727 g/mol. The van der Waals surface area contributed by atoms with Gasteiger partial charge in [-0.25, -0.2) is 4.79 Å². The van der Waals surface area contributed by atoms with Gasteiger partial charge in [0.2, 0.25) is 0 Å². The first-order valence-corrected chi connectivity index (χ1v) is 18.5. The lowest BCUT2D eigenvalue weighted by atomic mass is 9.92. The van der Waals surface area contributed by atoms with Crippen LogP contribution in [0.2, 0.25) is 0 Å². The highest BCUT2D eigenvalue weighted by Crippen LogP contribution is 2.32. The van der Waals surface area contributed by atoms with Gasteiger partial charge in [-0.2, -0.15) is 0 Å². The number of hydrogen-bond acceptors (Lipinski definition) is 7. The summed E-state index contributed by atoms with van der Waals surface area (Å²) in [6, 6.07) is 50.0. The normalized spacial score (nSPS) is 19.7. The molecule has 1 aliphatic rings. The molecule has 0 saturated carbocycles. The molecule has 1 saturated heterocycles. The fraction of sp³-hybridized carbons (Fsp3) is 0.283. The molecule has 6 rings (SSSR count). The highest BCUT2D eigenvalue weighted by Gasteiger charge is 2.48. The Balaban J connectivity index is 1.21. The molecule has 5 aromatic rings. The molecule has 5 atom stereocenters. The number of carbonyl (C=O) groups is 1. The number of benzene rings is 5. The van der Waals surface area contributed by atoms with Crippen LogP contribution in [0.25, 0.3) is 0 Å². The Bertz CT molecular complexity index is 1790. The van der Waals surface area contributed by atoms with Crippen molar-refractivity contribution in [2.75, 3.05) is 13.2 Å². The molecule has 8 heteroatoms. The van der Waals surface area contributed by atoms with E-state index in [1.165, 1.54) is 0 Å². The van der Waals surface area contributed by atoms with Crippen LogP contribution in [0.5, 0.6) is 0 Å². The Morgan fingerprint density at radius 1 is 0.500 bits per heavy atom. The molecule has 54 heavy (non-hydrogen) atoms. The molecule has 1 aliphatic heterocycles. The van der Waals surface area contributed by atoms with E-state index in [2.05, 4.69) is 17.4 Å². The Morgan fingerprint density at radius 2 is 0.907 bits per heavy atom. The molecule has 1 N–H and O–H groups in total. The van der Waals surface area contributed by atoms with Crippen LogP contribution >= 0.6 is 0 Å². The summed E-state index contributed by atoms with van der Waals surface area (Å²) in [7, 11) is 0. The first-order valence-electron chi connectivity index (χ1n) is 18.5. The number of ether oxygens (including phenoxy) is 6. The van der Waals surface area contributed by atoms with Gasteiger partial charge >= 0.3 is 6.09 Å². The van der Waals surface area contributed by atoms with Gasteiger partial charge in [-0.1, -0.05) is 164 Å². The van der Waals surface area contributed by atoms with E-state index in [1.807, 2.05) is 152 Å². The van der Waals surface area contributed by atoms with Crippen LogP contribution in [0.4, 0.5) is 4.79 Å². The highest BCUT2D eigenvalue weighted by molar-refractivity contribution is 5.67. The Morgan fingerprint density at radius 3 is 1.39 bits per heavy atom. The molecular formula is C46H49NO7. The topological polar surface area (TPSA) is 84.5 Å². The number of carbonyl (C=O) groups excluding carboxylic acids is 1. The van der Waals surface area contributed by atoms with Gasteiger partial charge in [-0.3, -0.25) is 0 Å². The summed E-state index contributed by atoms with van der Waals surface area (Å²) in [6.07, 6.45) is 1.57. The van der Waals surface area contributed by atoms with Crippen LogP contribution in [0.15, 0.2) is 164 Å². The van der Waals surface area contributed by atoms with Crippen LogP contribution in [0, 0.1) is 0 Å². The molecule has 1 fully saturated rings. The summed E-state index contributed by atoms with van der Waals surface area (Å²) in [4.78, 5) is 12.4. The Labute approximate surface area is 318 Å². The lowest BCUT2D eigenvalue weighted by molar-refractivity contribution is -0.271. The standard InChI is InChI=1S/C46H49NO7/c48-46(53-34-40-26-14-5-15-27-40)47-29-17-16-28-41-43(50-31-37-20-8-2-9-21-37)45(52-33-39-24-12-4-13-25-39)44(51-32-38-22-10-3-11-23-38)42(54-41)35-49-30-36-18-6-1-7-19-36/h1-27,41-45H,28-35H2,(H,47,48)/b17-16+/t41-,42-,43-,44-,45-/m1/s1. The zero-order valence-corrected chi connectivity index (χ0v) is 30.5. The van der Waals surface area contributed by atoms with Crippen LogP contribution in [0.1, 0.15) is 34.2 Å². The summed E-state index contributed by atoms with van der Waals surface area (Å²) in [5, 5.41) is 2.80. The quantitative estimate of drug-likeness (QED) is 0.0854. The van der Waals surface area contributed by atoms with E-state index in [4.69, 9.17) is 28.4 Å². The molecular weight excluding hydrogens is 679 g/mol. The van der Waals surface area contributed by atoms with Crippen molar-refractivity contribution >= 4 is 6.09 Å². The van der Waals surface area contributed by atoms with Gasteiger partial charge in [0, 0.05) is 6.54 Å². The number of hydrogen-bond donors (Lipinski definition) is 1. The van der Waals surface area contributed by atoms with Gasteiger partial charge in [0.15, 0.2) is 0 Å². The minimum atomic E-state index is -0.508. The van der Waals surface area contributed by atoms with E-state index < -0.39 is 36.6 Å². The van der Waals surface area contributed by atoms with Crippen molar-refractivity contribution in [1.29, 1.82) is 0 Å². The second-order valence-electron chi connectivity index (χ2n) is 13.1. The van der Waals surface area contributed by atoms with E-state index in [0.717, 1.165) is 27.8 Å². The molecule has 280 valence electrons. The second kappa shape index (κ2) is 21.6. The third kappa shape index (κ3) is 12.5. The molecule has 0 spiro atoms. The minimum absolute atomic E-state index is 0.207. The molecule has 0 aromatic heterocycles. The lowest BCUT2D eigenvalue weighted by Crippen LogP contribution is -2.61. The number of amides is 1. The summed E-state index contributed by atoms with van der Waals surface area (Å²) < 4.78 is 38.9. The third-order valence-electron chi connectivity index (χ3n) is 9.09. The van der Waals surface area contributed by atoms with Gasteiger partial charge in [0.1, 0.15) is 31.0 Å². The SMILES string of the molecule is O=C(NC/C=C/C[C@H]1O[C@H](COCc2ccccc2)[C@@H](OCc2ccccc2)[C@H](OCc2ccccc2)[C@@H]1OCc1ccccc1)OCc1ccccc1. The predicted octanol–water partition coefficient (Wildman–Crippen LogP) is 8.60. The van der Waals surface area contributed by atoms with Gasteiger partial charge in [0.05, 0.1) is 39.1 Å². The van der Waals surface area contributed by atoms with Crippen molar-refractivity contribution < 1.29 is 33.2 Å². The zero-order chi connectivity index (χ0) is 37.0. The number of rotatable bonds is 19. The van der Waals surface area contributed by atoms with Gasteiger partial charge in [-0.15, -0.1) is 0 Å². The van der Waals surface area contributed by atoms with Crippen molar-refractivity contribution in [3.8, 4) is 0 Å². The lowest BCUT2D eigenvalue weighted by Gasteiger charge is -2.46. The molecule has 8 nitrogen and oxygen atoms in total. The maximum Gasteiger partial charge on any atom is 0.407 e. The first kappa shape index (κ1) is 38.6. The van der Waals surface area contributed by atoms with Crippen molar-refractivity contribution in [3.63, 3.8) is 0 Å². The van der Waals surface area contributed by atoms with Crippen LogP contribution in [0.3, 0.4) is 0 Å². The molecule has 0 unspecified atom stereocenters. The number of nitrogens with one attached hydrogen (secondary N) is 1. The fourth-order valence-corrected chi connectivity index (χ4v) is 6.30. The van der Waals surface area contributed by atoms with Crippen LogP contribution < -0.4 is 5.32 Å². The number of alkyl carbamates (subject to hydrolysis) is 1. The summed E-state index contributed by atoms with van der Waals surface area (Å²) in [5.74, 6) is 0. The molecule has 0 aliphatic carbocycles. The van der Waals surface area contributed by atoms with Gasteiger partial charge in [0.25, 0.3) is 0 Å². The molecule has 5 aromatic carbocycles. The average molecular weight is 728 g/mol. The predicted molar refractivity (Wildman–Crippen MR) is 208 cm³/mol. The Hall–Kier alpha value is -5.09. The maximum absolute atomic E-state index is 12.4. The molecule has 1 amide bonds. The van der Waals surface area contributed by atoms with E-state index >= 15 is 0 Å². The van der Waals surface area contributed by atoms with Gasteiger partial charge < -0.3 is 33.7 Å². The molecule has 1 heterocycles. The van der Waals surface area contributed by atoms with E-state index in [1.54, 1.807) is 0 Å². The van der Waals surface area contributed by atoms with Crippen LogP contribution in [-0.4, -0.2) is 49.8 Å². The fourth-order valence-electron chi connectivity index (χ4n) is 6.30. The van der Waals surface area contributed by atoms with E-state index in [-0.39, 0.29) is 6.61 Å². The summed E-state index contributed by atoms with van der Waals surface area (Å²) >= 11 is 0. The van der Waals surface area contributed by atoms with Crippen LogP contribution in [-0.2, 0) is 61.5 Å². The zero-order valence-electron chi connectivity index (χ0n) is 30.5. The molecule has 0 radical (unpaired) electrons. The van der Waals surface area contributed by atoms with Crippen molar-refractivity contribution in [2.45, 2.75) is 70.0 Å². The summed E-state index contributed by atoms with van der Waals surface area (Å²) in [5.41, 5.74) is 5.14. The third-order valence-corrected chi connectivity index (χ3v) is 9.09. The van der Waals surface area contributed by atoms with Crippen molar-refractivity contribution in [2.24, 2.45) is 0 Å². The highest BCUT2D eigenvalue weighted by atomic mass is 16.6. The maximum atomic E-state index is 12.4. The van der Waals surface area contributed by atoms with E-state index in [9.17, 15) is 4.79 Å². The average Bonchev–Trinajstić information content (AvgIpc) is 3.23. The second-order valence-corrected chi connectivity index (χ2v) is 13.1. The molecule has 0 bridgehead atoms. The smallest absolute Gasteiger partial charge is 0.407 e.